The van der Waals surface area contributed by atoms with Gasteiger partial charge in [0.05, 0.1) is 10.8 Å². The number of hydrogen-bond donors (Lipinski definition) is 0. The van der Waals surface area contributed by atoms with Gasteiger partial charge in [0.2, 0.25) is 0 Å². The summed E-state index contributed by atoms with van der Waals surface area (Å²) in [6.07, 6.45) is 0.744. The fourth-order valence-electron chi connectivity index (χ4n) is 17.7. The second-order valence-corrected chi connectivity index (χ2v) is 26.3. The van der Waals surface area contributed by atoms with Crippen LogP contribution in [0.4, 0.5) is 34.1 Å². The molecule has 0 saturated heterocycles. The zero-order valence-corrected chi connectivity index (χ0v) is 51.9. The molecule has 4 aliphatic rings. The molecule has 0 amide bonds. The Morgan fingerprint density at radius 2 is 0.670 bits per heavy atom. The zero-order chi connectivity index (χ0) is 61.8. The van der Waals surface area contributed by atoms with Crippen LogP contribution >= 0.6 is 0 Å². The molecule has 16 aromatic carbocycles. The third-order valence-corrected chi connectivity index (χ3v) is 21.4. The molecular weight excluding hydrogens is 1130 g/mol. The molecule has 20 rings (SSSR count). The van der Waals surface area contributed by atoms with Crippen LogP contribution in [0.3, 0.4) is 0 Å². The van der Waals surface area contributed by atoms with Gasteiger partial charge in [-0.15, -0.1) is 0 Å². The molecule has 0 unspecified atom stereocenters. The van der Waals surface area contributed by atoms with Crippen LogP contribution in [0.2, 0.25) is 0 Å². The average Bonchev–Trinajstić information content (AvgIpc) is 1.51. The lowest BCUT2D eigenvalue weighted by atomic mass is 9.69. The molecule has 2 nitrogen and oxygen atoms in total. The predicted octanol–water partition coefficient (Wildman–Crippen LogP) is 23.8. The van der Waals surface area contributed by atoms with Gasteiger partial charge in [-0.05, 0) is 253 Å². The van der Waals surface area contributed by atoms with Crippen molar-refractivity contribution in [3.8, 4) is 44.5 Å². The Hall–Kier alpha value is -11.8. The SMILES string of the molecule is Cc1cccc(N(c2ccccc2)c2ccc3c4c(ccc3c2)-c2cc3ccc(Cc5ccccc5N(c5ccccc5)c5ccc6c7c(ccc6c5)-c5cc6ccccc6cc5C75c6ccccc6-c6ccccc65)cc3cc2C42c3ccccc3-c3ccccc32)c1. The maximum absolute atomic E-state index is 2.56. The Morgan fingerprint density at radius 1 is 0.245 bits per heavy atom. The van der Waals surface area contributed by atoms with Crippen molar-refractivity contribution in [2.75, 3.05) is 9.80 Å². The Labute approximate surface area is 547 Å². The lowest BCUT2D eigenvalue weighted by Gasteiger charge is -2.32. The highest BCUT2D eigenvalue weighted by molar-refractivity contribution is 6.09. The highest BCUT2D eigenvalue weighted by atomic mass is 15.1. The number of aryl methyl sites for hydroxylation is 1. The van der Waals surface area contributed by atoms with Gasteiger partial charge in [-0.3, -0.25) is 0 Å². The van der Waals surface area contributed by atoms with E-state index >= 15 is 0 Å². The van der Waals surface area contributed by atoms with Crippen LogP contribution < -0.4 is 9.80 Å². The van der Waals surface area contributed by atoms with E-state index in [1.807, 2.05) is 0 Å². The Balaban J connectivity index is 0.721. The van der Waals surface area contributed by atoms with E-state index in [-0.39, 0.29) is 0 Å². The third kappa shape index (κ3) is 7.36. The first-order chi connectivity index (χ1) is 46.5. The van der Waals surface area contributed by atoms with E-state index in [0.29, 0.717) is 0 Å². The summed E-state index contributed by atoms with van der Waals surface area (Å²) < 4.78 is 0. The molecule has 438 valence electrons. The molecular formula is C92H60N2. The van der Waals surface area contributed by atoms with E-state index in [1.165, 1.54) is 149 Å². The van der Waals surface area contributed by atoms with Crippen molar-refractivity contribution >= 4 is 77.2 Å². The van der Waals surface area contributed by atoms with Crippen molar-refractivity contribution in [3.05, 3.63) is 395 Å². The van der Waals surface area contributed by atoms with Crippen molar-refractivity contribution in [1.82, 2.24) is 0 Å². The fourth-order valence-corrected chi connectivity index (χ4v) is 17.7. The average molecular weight is 1190 g/mol. The third-order valence-electron chi connectivity index (χ3n) is 21.4. The molecule has 0 aromatic heterocycles. The Bertz CT molecular complexity index is 5790. The van der Waals surface area contributed by atoms with E-state index in [2.05, 4.69) is 350 Å². The number of fused-ring (bicyclic) bond motifs is 26. The molecule has 94 heavy (non-hydrogen) atoms. The molecule has 0 bridgehead atoms. The number of para-hydroxylation sites is 3. The molecule has 0 radical (unpaired) electrons. The van der Waals surface area contributed by atoms with Gasteiger partial charge in [0.25, 0.3) is 0 Å². The molecule has 0 atom stereocenters. The van der Waals surface area contributed by atoms with Gasteiger partial charge in [-0.25, -0.2) is 0 Å². The van der Waals surface area contributed by atoms with Crippen LogP contribution in [0.5, 0.6) is 0 Å². The topological polar surface area (TPSA) is 6.48 Å². The number of hydrogen-bond acceptors (Lipinski definition) is 2. The van der Waals surface area contributed by atoms with E-state index < -0.39 is 10.8 Å². The van der Waals surface area contributed by atoms with Gasteiger partial charge in [0.15, 0.2) is 0 Å². The Morgan fingerprint density at radius 3 is 1.22 bits per heavy atom. The summed E-state index contributed by atoms with van der Waals surface area (Å²) in [4.78, 5) is 4.88. The van der Waals surface area contributed by atoms with E-state index in [0.717, 1.165) is 40.5 Å². The molecule has 16 aromatic rings. The minimum atomic E-state index is -0.549. The van der Waals surface area contributed by atoms with Crippen molar-refractivity contribution < 1.29 is 0 Å². The second-order valence-electron chi connectivity index (χ2n) is 26.3. The van der Waals surface area contributed by atoms with Gasteiger partial charge in [-0.2, -0.15) is 0 Å². The zero-order valence-electron chi connectivity index (χ0n) is 51.9. The first-order valence-electron chi connectivity index (χ1n) is 33.0. The van der Waals surface area contributed by atoms with Crippen LogP contribution in [0.25, 0.3) is 87.6 Å². The molecule has 4 aliphatic carbocycles. The van der Waals surface area contributed by atoms with Crippen molar-refractivity contribution in [2.45, 2.75) is 24.2 Å². The van der Waals surface area contributed by atoms with Gasteiger partial charge < -0.3 is 9.80 Å². The van der Waals surface area contributed by atoms with E-state index in [4.69, 9.17) is 0 Å². The summed E-state index contributed by atoms with van der Waals surface area (Å²) in [6.45, 7) is 2.17. The van der Waals surface area contributed by atoms with E-state index in [1.54, 1.807) is 0 Å². The smallest absolute Gasteiger partial charge is 0.0731 e. The minimum Gasteiger partial charge on any atom is -0.310 e. The number of anilines is 6. The second kappa shape index (κ2) is 20.1. The maximum atomic E-state index is 2.56. The monoisotopic (exact) mass is 1190 g/mol. The standard InChI is InChI=1S/C92H60N2/c1-58-21-20-29-69(49-58)93(67-25-4-2-5-26-67)70-43-47-72-63(52-70)41-45-79-81-55-62-40-39-59(51-66(62)57-87(81)92(90(72)79)84-36-17-13-32-76(84)77-33-14-18-37-85(77)92)50-65-24-10-19-38-88(65)94(68-27-6-3-7-28-68)71-44-48-73-64(53-71)42-46-78-80-54-60-22-8-9-23-61(60)56-86(80)91(89(73)78)82-34-15-11-30-74(82)75-31-12-16-35-83(75)91/h2-49,51-57H,50H2,1H3. The highest BCUT2D eigenvalue weighted by Crippen LogP contribution is 2.67. The predicted molar refractivity (Wildman–Crippen MR) is 392 cm³/mol. The molecule has 0 saturated carbocycles. The van der Waals surface area contributed by atoms with Gasteiger partial charge in [-0.1, -0.05) is 243 Å². The van der Waals surface area contributed by atoms with E-state index in [9.17, 15) is 0 Å². The maximum Gasteiger partial charge on any atom is 0.0731 e. The summed E-state index contributed by atoms with van der Waals surface area (Å²) >= 11 is 0. The van der Waals surface area contributed by atoms with Crippen LogP contribution in [0, 0.1) is 6.92 Å². The summed E-state index contributed by atoms with van der Waals surface area (Å²) in [5.74, 6) is 0. The highest BCUT2D eigenvalue weighted by Gasteiger charge is 2.54. The fraction of sp³-hybridized carbons (Fsp3) is 0.0435. The molecule has 0 N–H and O–H groups in total. The summed E-state index contributed by atoms with van der Waals surface area (Å²) in [7, 11) is 0. The molecule has 2 spiro atoms. The largest absolute Gasteiger partial charge is 0.310 e. The summed E-state index contributed by atoms with van der Waals surface area (Å²) in [5.41, 5.74) is 30.8. The van der Waals surface area contributed by atoms with Crippen LogP contribution in [0.1, 0.15) is 61.2 Å². The number of rotatable bonds is 8. The number of nitrogens with zero attached hydrogens (tertiary/aromatic N) is 2. The lowest BCUT2D eigenvalue weighted by molar-refractivity contribution is 0.802. The first-order valence-corrected chi connectivity index (χ1v) is 33.0. The Kier molecular flexibility index (Phi) is 11.3. The molecule has 0 fully saturated rings. The molecule has 2 heteroatoms. The molecule has 0 heterocycles. The van der Waals surface area contributed by atoms with Crippen LogP contribution in [0.15, 0.2) is 334 Å². The number of benzene rings is 16. The summed E-state index contributed by atoms with van der Waals surface area (Å²) in [5, 5.41) is 9.99. The van der Waals surface area contributed by atoms with Crippen LogP contribution in [-0.2, 0) is 17.3 Å². The van der Waals surface area contributed by atoms with Gasteiger partial charge in [0, 0.05) is 34.1 Å². The summed E-state index contributed by atoms with van der Waals surface area (Å²) in [6, 6.07) is 126. The van der Waals surface area contributed by atoms with Crippen LogP contribution in [-0.4, -0.2) is 0 Å². The van der Waals surface area contributed by atoms with Gasteiger partial charge >= 0.3 is 0 Å². The molecule has 0 aliphatic heterocycles. The first kappa shape index (κ1) is 52.9. The van der Waals surface area contributed by atoms with Crippen molar-refractivity contribution in [1.29, 1.82) is 0 Å². The lowest BCUT2D eigenvalue weighted by Crippen LogP contribution is -2.26. The quantitative estimate of drug-likeness (QED) is 0.150. The van der Waals surface area contributed by atoms with Crippen molar-refractivity contribution in [3.63, 3.8) is 0 Å². The normalized spacial score (nSPS) is 13.6. The minimum absolute atomic E-state index is 0.488. The van der Waals surface area contributed by atoms with Crippen molar-refractivity contribution in [2.24, 2.45) is 0 Å². The van der Waals surface area contributed by atoms with Gasteiger partial charge in [0.1, 0.15) is 0 Å².